The van der Waals surface area contributed by atoms with Gasteiger partial charge in [-0.05, 0) is 39.3 Å². The summed E-state index contributed by atoms with van der Waals surface area (Å²) in [5.41, 5.74) is -1.77. The lowest BCUT2D eigenvalue weighted by molar-refractivity contribution is -0.137. The molecule has 4 amide bonds. The van der Waals surface area contributed by atoms with Gasteiger partial charge in [0, 0.05) is 18.7 Å². The number of carbonyl (C=O) groups is 3. The third kappa shape index (κ3) is 6.25. The summed E-state index contributed by atoms with van der Waals surface area (Å²) in [5.74, 6) is -1.32. The summed E-state index contributed by atoms with van der Waals surface area (Å²) in [4.78, 5) is 42.4. The second-order valence-corrected chi connectivity index (χ2v) is 10.5. The van der Waals surface area contributed by atoms with E-state index in [1.165, 1.54) is 4.90 Å². The number of amides is 4. The van der Waals surface area contributed by atoms with Crippen LogP contribution in [0.4, 0.5) is 27.2 Å². The molecule has 0 aliphatic carbocycles. The second kappa shape index (κ2) is 9.99. The first kappa shape index (κ1) is 27.0. The second-order valence-electron chi connectivity index (χ2n) is 10.5. The lowest BCUT2D eigenvalue weighted by atomic mass is 9.95. The van der Waals surface area contributed by atoms with Crippen LogP contribution in [-0.2, 0) is 27.1 Å². The minimum Gasteiger partial charge on any atom is -0.444 e. The van der Waals surface area contributed by atoms with Gasteiger partial charge in [0.2, 0.25) is 5.91 Å². The molecule has 3 heterocycles. The van der Waals surface area contributed by atoms with Crippen molar-refractivity contribution in [3.8, 4) is 0 Å². The average molecular weight is 531 g/mol. The Bertz CT molecular complexity index is 1050. The molecule has 0 spiro atoms. The molecule has 3 saturated heterocycles. The van der Waals surface area contributed by atoms with Crippen molar-refractivity contribution in [2.24, 2.45) is 0 Å². The zero-order valence-corrected chi connectivity index (χ0v) is 20.8. The minimum absolute atomic E-state index is 0.00225. The fourth-order valence-corrected chi connectivity index (χ4v) is 4.62. The molecule has 0 bridgehead atoms. The predicted molar refractivity (Wildman–Crippen MR) is 122 cm³/mol. The summed E-state index contributed by atoms with van der Waals surface area (Å²) in [6.45, 7) is 6.05. The van der Waals surface area contributed by atoms with Gasteiger partial charge in [0.1, 0.15) is 18.0 Å². The Kier molecular flexibility index (Phi) is 7.28. The van der Waals surface area contributed by atoms with Crippen molar-refractivity contribution in [3.63, 3.8) is 0 Å². The molecule has 0 saturated carbocycles. The molecule has 13 heteroatoms. The predicted octanol–water partition coefficient (Wildman–Crippen LogP) is 2.98. The van der Waals surface area contributed by atoms with Crippen LogP contribution < -0.4 is 5.32 Å². The quantitative estimate of drug-likeness (QED) is 0.607. The molecule has 3 aliphatic heterocycles. The molecule has 1 aromatic rings. The molecule has 1 aromatic carbocycles. The number of nitrogens with zero attached hydrogens (tertiary/aromatic N) is 3. The first-order valence-corrected chi connectivity index (χ1v) is 12.0. The Hall–Kier alpha value is -3.09. The maximum Gasteiger partial charge on any atom is 0.416 e. The van der Waals surface area contributed by atoms with Crippen LogP contribution in [0.5, 0.6) is 0 Å². The van der Waals surface area contributed by atoms with Crippen molar-refractivity contribution < 1.29 is 41.4 Å². The van der Waals surface area contributed by atoms with E-state index < -0.39 is 35.3 Å². The van der Waals surface area contributed by atoms with Crippen molar-refractivity contribution in [3.05, 3.63) is 35.1 Å². The molecule has 4 rings (SSSR count). The highest BCUT2D eigenvalue weighted by atomic mass is 19.4. The van der Waals surface area contributed by atoms with Gasteiger partial charge < -0.3 is 24.6 Å². The SMILES string of the molecule is CC(C)(C)OC(=O)N1CC(=O)NC2CN(C(=O)N3CC(OCc4ccc(C(F)(F)F)cc4F)C3)CCC21. The number of ether oxygens (including phenoxy) is 2. The fourth-order valence-electron chi connectivity index (χ4n) is 4.62. The van der Waals surface area contributed by atoms with Crippen LogP contribution in [0.3, 0.4) is 0 Å². The summed E-state index contributed by atoms with van der Waals surface area (Å²) in [6, 6.07) is 1.32. The molecule has 9 nitrogen and oxygen atoms in total. The van der Waals surface area contributed by atoms with E-state index in [9.17, 15) is 31.9 Å². The minimum atomic E-state index is -4.63. The van der Waals surface area contributed by atoms with Crippen molar-refractivity contribution in [1.29, 1.82) is 0 Å². The number of hydrogen-bond donors (Lipinski definition) is 1. The third-order valence-corrected chi connectivity index (χ3v) is 6.51. The lowest BCUT2D eigenvalue weighted by Gasteiger charge is -2.49. The number of benzene rings is 1. The Labute approximate surface area is 211 Å². The molecule has 0 aromatic heterocycles. The molecule has 1 N–H and O–H groups in total. The highest BCUT2D eigenvalue weighted by molar-refractivity contribution is 5.84. The normalized spacial score (nSPS) is 22.8. The number of alkyl halides is 3. The molecular weight excluding hydrogens is 500 g/mol. The average Bonchev–Trinajstić information content (AvgIpc) is 2.75. The van der Waals surface area contributed by atoms with Crippen molar-refractivity contribution >= 4 is 18.0 Å². The first-order valence-electron chi connectivity index (χ1n) is 12.0. The van der Waals surface area contributed by atoms with E-state index >= 15 is 0 Å². The van der Waals surface area contributed by atoms with Crippen molar-refractivity contribution in [2.75, 3.05) is 32.7 Å². The van der Waals surface area contributed by atoms with Crippen LogP contribution in [0.1, 0.15) is 38.3 Å². The Morgan fingerprint density at radius 2 is 1.81 bits per heavy atom. The van der Waals surface area contributed by atoms with E-state index in [-0.39, 0.29) is 62.4 Å². The smallest absolute Gasteiger partial charge is 0.416 e. The van der Waals surface area contributed by atoms with E-state index in [1.54, 1.807) is 30.6 Å². The van der Waals surface area contributed by atoms with Gasteiger partial charge in [0.05, 0.1) is 43.4 Å². The zero-order valence-electron chi connectivity index (χ0n) is 20.8. The van der Waals surface area contributed by atoms with Gasteiger partial charge in [-0.25, -0.2) is 14.0 Å². The number of nitrogens with one attached hydrogen (secondary N) is 1. The monoisotopic (exact) mass is 530 g/mol. The topological polar surface area (TPSA) is 91.4 Å². The summed E-state index contributed by atoms with van der Waals surface area (Å²) in [5, 5.41) is 2.86. The standard InChI is InChI=1S/C24H30F4N4O5/c1-23(2,3)37-22(35)32-12-20(33)29-18-11-30(7-6-19(18)32)21(34)31-9-16(10-31)36-13-14-4-5-15(8-17(14)25)24(26,27)28/h4-5,8,16,18-19H,6-7,9-13H2,1-3H3,(H,29,33). The number of likely N-dealkylation sites (tertiary alicyclic amines) is 2. The number of halogens is 4. The highest BCUT2D eigenvalue weighted by Crippen LogP contribution is 2.31. The number of carbonyl (C=O) groups excluding carboxylic acids is 3. The Morgan fingerprint density at radius 1 is 1.11 bits per heavy atom. The van der Waals surface area contributed by atoms with Gasteiger partial charge in [-0.2, -0.15) is 13.2 Å². The lowest BCUT2D eigenvalue weighted by Crippen LogP contribution is -2.69. The third-order valence-electron chi connectivity index (χ3n) is 6.51. The van der Waals surface area contributed by atoms with E-state index in [4.69, 9.17) is 9.47 Å². The Balaban J connectivity index is 1.26. The highest BCUT2D eigenvalue weighted by Gasteiger charge is 2.45. The van der Waals surface area contributed by atoms with E-state index in [1.807, 2.05) is 0 Å². The maximum absolute atomic E-state index is 14.0. The Morgan fingerprint density at radius 3 is 2.43 bits per heavy atom. The zero-order chi connectivity index (χ0) is 27.1. The number of urea groups is 1. The van der Waals surface area contributed by atoms with Crippen LogP contribution in [0.25, 0.3) is 0 Å². The van der Waals surface area contributed by atoms with Crippen LogP contribution >= 0.6 is 0 Å². The molecule has 3 aliphatic rings. The molecule has 37 heavy (non-hydrogen) atoms. The number of piperazine rings is 1. The van der Waals surface area contributed by atoms with Crippen molar-refractivity contribution in [2.45, 2.75) is 63.8 Å². The van der Waals surface area contributed by atoms with Gasteiger partial charge in [-0.3, -0.25) is 9.69 Å². The summed E-state index contributed by atoms with van der Waals surface area (Å²) >= 11 is 0. The van der Waals surface area contributed by atoms with Gasteiger partial charge in [0.15, 0.2) is 0 Å². The van der Waals surface area contributed by atoms with Crippen LogP contribution in [0.15, 0.2) is 18.2 Å². The van der Waals surface area contributed by atoms with Gasteiger partial charge in [-0.15, -0.1) is 0 Å². The van der Waals surface area contributed by atoms with E-state index in [2.05, 4.69) is 5.32 Å². The van der Waals surface area contributed by atoms with Crippen LogP contribution in [0.2, 0.25) is 0 Å². The van der Waals surface area contributed by atoms with Crippen molar-refractivity contribution in [1.82, 2.24) is 20.0 Å². The summed E-state index contributed by atoms with van der Waals surface area (Å²) < 4.78 is 63.1. The van der Waals surface area contributed by atoms with Crippen LogP contribution in [0, 0.1) is 5.82 Å². The maximum atomic E-state index is 14.0. The first-order chi connectivity index (χ1) is 17.2. The molecule has 2 unspecified atom stereocenters. The van der Waals surface area contributed by atoms with Gasteiger partial charge >= 0.3 is 18.3 Å². The van der Waals surface area contributed by atoms with E-state index in [0.717, 1.165) is 12.1 Å². The van der Waals surface area contributed by atoms with E-state index in [0.29, 0.717) is 19.0 Å². The number of piperidine rings is 1. The largest absolute Gasteiger partial charge is 0.444 e. The number of rotatable bonds is 3. The summed E-state index contributed by atoms with van der Waals surface area (Å²) in [6.07, 6.45) is -5.10. The number of fused-ring (bicyclic) bond motifs is 1. The number of hydrogen-bond acceptors (Lipinski definition) is 5. The van der Waals surface area contributed by atoms with Crippen LogP contribution in [-0.4, -0.2) is 89.2 Å². The van der Waals surface area contributed by atoms with Gasteiger partial charge in [-0.1, -0.05) is 6.07 Å². The molecular formula is C24H30F4N4O5. The van der Waals surface area contributed by atoms with Gasteiger partial charge in [0.25, 0.3) is 0 Å². The fraction of sp³-hybridized carbons (Fsp3) is 0.625. The molecule has 0 radical (unpaired) electrons. The molecule has 2 atom stereocenters. The molecule has 3 fully saturated rings. The molecule has 204 valence electrons. The summed E-state index contributed by atoms with van der Waals surface area (Å²) in [7, 11) is 0.